The zero-order valence-corrected chi connectivity index (χ0v) is 13.5. The average molecular weight is 319 g/mol. The number of aromatic amines is 1. The molecule has 1 aliphatic carbocycles. The van der Waals surface area contributed by atoms with Crippen LogP contribution in [0.25, 0.3) is 0 Å². The minimum Gasteiger partial charge on any atom is -0.351 e. The fraction of sp³-hybridized carbons (Fsp3) is 0.600. The lowest BCUT2D eigenvalue weighted by Gasteiger charge is -2.26. The van der Waals surface area contributed by atoms with E-state index >= 15 is 0 Å². The predicted molar refractivity (Wildman–Crippen MR) is 84.8 cm³/mol. The number of carbonyl (C=O) groups excluding carboxylic acids is 1. The molecular weight excluding hydrogens is 298 g/mol. The Morgan fingerprint density at radius 2 is 2.23 bits per heavy atom. The molecule has 0 unspecified atom stereocenters. The minimum atomic E-state index is 0.0205. The number of aromatic nitrogens is 4. The van der Waals surface area contributed by atoms with Gasteiger partial charge in [-0.1, -0.05) is 25.0 Å². The van der Waals surface area contributed by atoms with Gasteiger partial charge in [0.2, 0.25) is 0 Å². The number of hydrogen-bond donors (Lipinski definition) is 2. The third kappa shape index (κ3) is 3.71. The number of nitrogens with one attached hydrogen (secondary N) is 2. The van der Waals surface area contributed by atoms with E-state index in [1.165, 1.54) is 37.0 Å². The number of nitrogens with zero attached hydrogens (tertiary/aromatic N) is 3. The van der Waals surface area contributed by atoms with Crippen LogP contribution in [0.4, 0.5) is 0 Å². The second-order valence-corrected chi connectivity index (χ2v) is 7.03. The Kier molecular flexibility index (Phi) is 4.82. The van der Waals surface area contributed by atoms with Crippen molar-refractivity contribution in [1.29, 1.82) is 0 Å². The first-order valence-corrected chi connectivity index (χ1v) is 8.67. The Bertz CT molecular complexity index is 601. The van der Waals surface area contributed by atoms with Gasteiger partial charge in [0, 0.05) is 13.0 Å². The van der Waals surface area contributed by atoms with Crippen LogP contribution in [0.1, 0.15) is 53.7 Å². The second-order valence-electron chi connectivity index (χ2n) is 6.12. The van der Waals surface area contributed by atoms with Gasteiger partial charge in [-0.2, -0.15) is 5.21 Å². The van der Waals surface area contributed by atoms with Crippen molar-refractivity contribution in [3.05, 3.63) is 27.7 Å². The Morgan fingerprint density at radius 3 is 2.95 bits per heavy atom. The van der Waals surface area contributed by atoms with E-state index in [0.29, 0.717) is 18.2 Å². The largest absolute Gasteiger partial charge is 0.351 e. The normalized spacial score (nSPS) is 21.7. The van der Waals surface area contributed by atoms with Crippen LogP contribution in [-0.4, -0.2) is 33.1 Å². The second kappa shape index (κ2) is 7.00. The number of hydrogen-bond acceptors (Lipinski definition) is 5. The Labute approximate surface area is 133 Å². The van der Waals surface area contributed by atoms with Gasteiger partial charge in [-0.3, -0.25) is 4.79 Å². The van der Waals surface area contributed by atoms with Crippen LogP contribution in [0.2, 0.25) is 0 Å². The summed E-state index contributed by atoms with van der Waals surface area (Å²) in [7, 11) is 0. The molecule has 1 aliphatic rings. The first kappa shape index (κ1) is 15.1. The molecule has 1 fully saturated rings. The molecule has 2 N–H and O–H groups in total. The van der Waals surface area contributed by atoms with Gasteiger partial charge in [-0.05, 0) is 41.7 Å². The van der Waals surface area contributed by atoms with Crippen LogP contribution in [0.3, 0.4) is 0 Å². The van der Waals surface area contributed by atoms with Gasteiger partial charge in [0.15, 0.2) is 5.82 Å². The molecule has 3 rings (SSSR count). The fourth-order valence-corrected chi connectivity index (χ4v) is 3.79. The van der Waals surface area contributed by atoms with Gasteiger partial charge in [0.25, 0.3) is 5.91 Å². The Hall–Kier alpha value is -1.76. The number of rotatable bonds is 5. The fourth-order valence-electron chi connectivity index (χ4n) is 2.95. The van der Waals surface area contributed by atoms with Crippen LogP contribution < -0.4 is 5.32 Å². The Morgan fingerprint density at radius 1 is 1.41 bits per heavy atom. The summed E-state index contributed by atoms with van der Waals surface area (Å²) in [6.45, 7) is 3.09. The number of tetrazole rings is 1. The number of H-pyrrole nitrogens is 1. The highest BCUT2D eigenvalue weighted by molar-refractivity contribution is 7.12. The van der Waals surface area contributed by atoms with Gasteiger partial charge < -0.3 is 5.32 Å². The molecule has 0 bridgehead atoms. The molecule has 0 saturated heterocycles. The minimum absolute atomic E-state index is 0.0205. The van der Waals surface area contributed by atoms with Gasteiger partial charge in [0.1, 0.15) is 0 Å². The topological polar surface area (TPSA) is 83.6 Å². The van der Waals surface area contributed by atoms with E-state index in [1.54, 1.807) is 0 Å². The monoisotopic (exact) mass is 319 g/mol. The summed E-state index contributed by atoms with van der Waals surface area (Å²) in [5.74, 6) is 2.09. The van der Waals surface area contributed by atoms with Crippen molar-refractivity contribution in [3.63, 3.8) is 0 Å². The average Bonchev–Trinajstić information content (AvgIpc) is 3.19. The molecule has 2 aromatic rings. The standard InChI is InChI=1S/C15H21N5OS/c1-10-2-4-11(5-3-10)9-16-15(21)14-12(6-7-22-14)8-13-17-19-20-18-13/h6-7,10-11H,2-5,8-9H2,1H3,(H,16,21)(H,17,18,19,20). The van der Waals surface area contributed by atoms with Crippen molar-refractivity contribution in [3.8, 4) is 0 Å². The summed E-state index contributed by atoms with van der Waals surface area (Å²) in [6, 6.07) is 1.96. The summed E-state index contributed by atoms with van der Waals surface area (Å²) in [5, 5.41) is 18.9. The third-order valence-electron chi connectivity index (χ3n) is 4.38. The van der Waals surface area contributed by atoms with Crippen LogP contribution in [0.5, 0.6) is 0 Å². The molecule has 0 atom stereocenters. The lowest BCUT2D eigenvalue weighted by molar-refractivity contribution is 0.0945. The molecule has 1 amide bonds. The molecule has 2 aromatic heterocycles. The molecule has 0 spiro atoms. The van der Waals surface area contributed by atoms with E-state index in [9.17, 15) is 4.79 Å². The molecule has 1 saturated carbocycles. The van der Waals surface area contributed by atoms with Crippen molar-refractivity contribution in [1.82, 2.24) is 25.9 Å². The highest BCUT2D eigenvalue weighted by Gasteiger charge is 2.20. The summed E-state index contributed by atoms with van der Waals surface area (Å²) < 4.78 is 0. The van der Waals surface area contributed by atoms with Gasteiger partial charge >= 0.3 is 0 Å². The van der Waals surface area contributed by atoms with Crippen molar-refractivity contribution in [2.75, 3.05) is 6.54 Å². The molecule has 0 aliphatic heterocycles. The van der Waals surface area contributed by atoms with E-state index in [-0.39, 0.29) is 5.91 Å². The highest BCUT2D eigenvalue weighted by atomic mass is 32.1. The zero-order valence-electron chi connectivity index (χ0n) is 12.7. The summed E-state index contributed by atoms with van der Waals surface area (Å²) in [5.41, 5.74) is 0.959. The van der Waals surface area contributed by atoms with Crippen molar-refractivity contribution in [2.24, 2.45) is 11.8 Å². The maximum Gasteiger partial charge on any atom is 0.261 e. The molecule has 118 valence electrons. The van der Waals surface area contributed by atoms with Gasteiger partial charge in [-0.25, -0.2) is 0 Å². The molecule has 0 radical (unpaired) electrons. The van der Waals surface area contributed by atoms with E-state index in [2.05, 4.69) is 32.9 Å². The van der Waals surface area contributed by atoms with Crippen LogP contribution in [-0.2, 0) is 6.42 Å². The van der Waals surface area contributed by atoms with Gasteiger partial charge in [0.05, 0.1) is 4.88 Å². The number of thiophene rings is 1. The third-order valence-corrected chi connectivity index (χ3v) is 5.33. The van der Waals surface area contributed by atoms with Crippen molar-refractivity contribution < 1.29 is 4.79 Å². The molecule has 22 heavy (non-hydrogen) atoms. The maximum atomic E-state index is 12.4. The smallest absolute Gasteiger partial charge is 0.261 e. The van der Waals surface area contributed by atoms with E-state index < -0.39 is 0 Å². The van der Waals surface area contributed by atoms with E-state index in [1.807, 2.05) is 11.4 Å². The lowest BCUT2D eigenvalue weighted by atomic mass is 9.83. The van der Waals surface area contributed by atoms with E-state index in [4.69, 9.17) is 0 Å². The van der Waals surface area contributed by atoms with Gasteiger partial charge in [-0.15, -0.1) is 21.5 Å². The number of amides is 1. The van der Waals surface area contributed by atoms with Crippen molar-refractivity contribution in [2.45, 2.75) is 39.0 Å². The summed E-state index contributed by atoms with van der Waals surface area (Å²) in [6.07, 6.45) is 5.54. The predicted octanol–water partition coefficient (Wildman–Crippen LogP) is 2.41. The summed E-state index contributed by atoms with van der Waals surface area (Å²) >= 11 is 1.47. The molecule has 0 aromatic carbocycles. The van der Waals surface area contributed by atoms with Crippen LogP contribution >= 0.6 is 11.3 Å². The molecule has 6 nitrogen and oxygen atoms in total. The summed E-state index contributed by atoms with van der Waals surface area (Å²) in [4.78, 5) is 13.2. The quantitative estimate of drug-likeness (QED) is 0.886. The first-order valence-electron chi connectivity index (χ1n) is 7.79. The highest BCUT2D eigenvalue weighted by Crippen LogP contribution is 2.28. The van der Waals surface area contributed by atoms with Crippen LogP contribution in [0, 0.1) is 11.8 Å². The molecular formula is C15H21N5OS. The maximum absolute atomic E-state index is 12.4. The number of carbonyl (C=O) groups is 1. The van der Waals surface area contributed by atoms with E-state index in [0.717, 1.165) is 22.9 Å². The molecule has 7 heteroatoms. The van der Waals surface area contributed by atoms with Crippen LogP contribution in [0.15, 0.2) is 11.4 Å². The Balaban J connectivity index is 1.55. The van der Waals surface area contributed by atoms with Crippen molar-refractivity contribution >= 4 is 17.2 Å². The SMILES string of the molecule is CC1CCC(CNC(=O)c2sccc2Cc2nn[nH]n2)CC1. The zero-order chi connectivity index (χ0) is 15.4. The molecule has 2 heterocycles. The first-order chi connectivity index (χ1) is 10.7. The lowest BCUT2D eigenvalue weighted by Crippen LogP contribution is -2.31.